The molecule has 100 valence electrons. The molecule has 1 fully saturated rings. The van der Waals surface area contributed by atoms with Crippen LogP contribution in [0.4, 0.5) is 5.82 Å². The van der Waals surface area contributed by atoms with E-state index in [0.29, 0.717) is 5.92 Å². The second-order valence-corrected chi connectivity index (χ2v) is 5.66. The summed E-state index contributed by atoms with van der Waals surface area (Å²) < 4.78 is 1.88. The summed E-state index contributed by atoms with van der Waals surface area (Å²) in [6.45, 7) is 4.43. The van der Waals surface area contributed by atoms with E-state index >= 15 is 0 Å². The van der Waals surface area contributed by atoms with E-state index in [9.17, 15) is 0 Å². The number of nitrogen functional groups attached to an aromatic ring is 1. The Morgan fingerprint density at radius 3 is 2.58 bits per heavy atom. The maximum atomic E-state index is 6.25. The fourth-order valence-corrected chi connectivity index (χ4v) is 3.20. The Hall–Kier alpha value is -1.77. The normalized spacial score (nSPS) is 22.8. The Morgan fingerprint density at radius 1 is 1.21 bits per heavy atom. The first-order valence-corrected chi connectivity index (χ1v) is 7.09. The van der Waals surface area contributed by atoms with Crippen molar-refractivity contribution >= 4 is 5.82 Å². The molecule has 0 saturated heterocycles. The Kier molecular flexibility index (Phi) is 3.05. The van der Waals surface area contributed by atoms with Crippen molar-refractivity contribution < 1.29 is 0 Å². The van der Waals surface area contributed by atoms with Crippen molar-refractivity contribution in [2.75, 3.05) is 5.73 Å². The number of aromatic nitrogens is 2. The van der Waals surface area contributed by atoms with Gasteiger partial charge < -0.3 is 5.73 Å². The number of rotatable bonds is 2. The van der Waals surface area contributed by atoms with Crippen molar-refractivity contribution in [2.45, 2.75) is 39.0 Å². The lowest BCUT2D eigenvalue weighted by molar-refractivity contribution is 0.517. The molecule has 0 radical (unpaired) electrons. The van der Waals surface area contributed by atoms with Crippen molar-refractivity contribution in [2.24, 2.45) is 5.92 Å². The van der Waals surface area contributed by atoms with Gasteiger partial charge in [-0.3, -0.25) is 0 Å². The smallest absolute Gasteiger partial charge is 0.130 e. The van der Waals surface area contributed by atoms with Crippen molar-refractivity contribution in [1.29, 1.82) is 0 Å². The lowest BCUT2D eigenvalue weighted by atomic mass is 9.92. The van der Waals surface area contributed by atoms with Gasteiger partial charge in [0.05, 0.1) is 11.4 Å². The van der Waals surface area contributed by atoms with Gasteiger partial charge in [0.25, 0.3) is 0 Å². The highest BCUT2D eigenvalue weighted by Crippen LogP contribution is 2.41. The quantitative estimate of drug-likeness (QED) is 0.889. The number of hydrogen-bond acceptors (Lipinski definition) is 2. The molecule has 0 spiro atoms. The first kappa shape index (κ1) is 12.3. The molecule has 0 aliphatic heterocycles. The van der Waals surface area contributed by atoms with Crippen LogP contribution in [0.5, 0.6) is 0 Å². The van der Waals surface area contributed by atoms with Crippen LogP contribution in [-0.2, 0) is 0 Å². The Morgan fingerprint density at radius 2 is 1.95 bits per heavy atom. The van der Waals surface area contributed by atoms with Gasteiger partial charge in [-0.1, -0.05) is 38.0 Å². The molecule has 1 saturated carbocycles. The van der Waals surface area contributed by atoms with Crippen LogP contribution >= 0.6 is 0 Å². The average Bonchev–Trinajstić information content (AvgIpc) is 2.97. The average molecular weight is 255 g/mol. The van der Waals surface area contributed by atoms with Crippen LogP contribution in [-0.4, -0.2) is 9.78 Å². The third kappa shape index (κ3) is 2.03. The Balaban J connectivity index is 2.05. The van der Waals surface area contributed by atoms with Crippen LogP contribution in [0.25, 0.3) is 5.69 Å². The van der Waals surface area contributed by atoms with Crippen LogP contribution in [0.15, 0.2) is 30.3 Å². The van der Waals surface area contributed by atoms with Gasteiger partial charge in [-0.25, -0.2) is 4.68 Å². The fraction of sp³-hybridized carbons (Fsp3) is 0.438. The number of hydrogen-bond donors (Lipinski definition) is 1. The monoisotopic (exact) mass is 255 g/mol. The first-order chi connectivity index (χ1) is 9.18. The van der Waals surface area contributed by atoms with Gasteiger partial charge >= 0.3 is 0 Å². The van der Waals surface area contributed by atoms with Crippen molar-refractivity contribution in [3.63, 3.8) is 0 Å². The van der Waals surface area contributed by atoms with Gasteiger partial charge in [-0.2, -0.15) is 5.10 Å². The number of para-hydroxylation sites is 1. The number of benzene rings is 1. The highest BCUT2D eigenvalue weighted by Gasteiger charge is 2.29. The fourth-order valence-electron chi connectivity index (χ4n) is 3.20. The highest BCUT2D eigenvalue weighted by molar-refractivity contribution is 5.50. The van der Waals surface area contributed by atoms with E-state index in [0.717, 1.165) is 23.0 Å². The van der Waals surface area contributed by atoms with Gasteiger partial charge in [0.2, 0.25) is 0 Å². The molecule has 3 rings (SSSR count). The predicted molar refractivity (Wildman–Crippen MR) is 78.5 cm³/mol. The summed E-state index contributed by atoms with van der Waals surface area (Å²) in [7, 11) is 0. The molecule has 1 aromatic heterocycles. The molecule has 0 amide bonds. The lowest BCUT2D eigenvalue weighted by Gasteiger charge is -2.13. The first-order valence-electron chi connectivity index (χ1n) is 7.09. The van der Waals surface area contributed by atoms with Crippen molar-refractivity contribution in [1.82, 2.24) is 9.78 Å². The lowest BCUT2D eigenvalue weighted by Crippen LogP contribution is -2.05. The van der Waals surface area contributed by atoms with Crippen molar-refractivity contribution in [3.05, 3.63) is 41.6 Å². The van der Waals surface area contributed by atoms with E-state index in [4.69, 9.17) is 10.8 Å². The third-order valence-electron chi connectivity index (χ3n) is 4.42. The van der Waals surface area contributed by atoms with Crippen LogP contribution in [0.1, 0.15) is 43.4 Å². The summed E-state index contributed by atoms with van der Waals surface area (Å²) in [5.41, 5.74) is 9.65. The number of nitrogens with two attached hydrogens (primary N) is 1. The topological polar surface area (TPSA) is 43.8 Å². The van der Waals surface area contributed by atoms with Gasteiger partial charge in [0.15, 0.2) is 0 Å². The minimum atomic E-state index is 0.576. The molecule has 2 atom stereocenters. The van der Waals surface area contributed by atoms with Gasteiger partial charge in [0, 0.05) is 11.5 Å². The van der Waals surface area contributed by atoms with Gasteiger partial charge in [0.1, 0.15) is 5.82 Å². The molecule has 1 aromatic carbocycles. The van der Waals surface area contributed by atoms with Crippen LogP contribution in [0.2, 0.25) is 0 Å². The van der Waals surface area contributed by atoms with E-state index in [-0.39, 0.29) is 0 Å². The molecule has 1 aliphatic carbocycles. The zero-order chi connectivity index (χ0) is 13.4. The molecule has 1 aliphatic rings. The van der Waals surface area contributed by atoms with Crippen LogP contribution in [0, 0.1) is 12.8 Å². The second-order valence-electron chi connectivity index (χ2n) is 5.66. The van der Waals surface area contributed by atoms with E-state index in [1.54, 1.807) is 0 Å². The standard InChI is InChI=1S/C16H21N3/c1-11-7-6-10-14(11)15-12(2)16(17)19(18-15)13-8-4-3-5-9-13/h3-5,8-9,11,14H,6-7,10,17H2,1-2H3. The second kappa shape index (κ2) is 4.72. The minimum Gasteiger partial charge on any atom is -0.383 e. The predicted octanol–water partition coefficient (Wildman–Crippen LogP) is 3.67. The molecule has 3 nitrogen and oxygen atoms in total. The molecule has 2 unspecified atom stereocenters. The highest BCUT2D eigenvalue weighted by atomic mass is 15.3. The number of anilines is 1. The molecular weight excluding hydrogens is 234 g/mol. The zero-order valence-electron chi connectivity index (χ0n) is 11.6. The molecule has 3 heteroatoms. The molecule has 2 N–H and O–H groups in total. The summed E-state index contributed by atoms with van der Waals surface area (Å²) in [6, 6.07) is 10.1. The maximum Gasteiger partial charge on any atom is 0.130 e. The number of nitrogens with zero attached hydrogens (tertiary/aromatic N) is 2. The van der Waals surface area contributed by atoms with E-state index in [1.165, 1.54) is 25.0 Å². The van der Waals surface area contributed by atoms with E-state index in [2.05, 4.69) is 13.8 Å². The largest absolute Gasteiger partial charge is 0.383 e. The van der Waals surface area contributed by atoms with Crippen LogP contribution in [0.3, 0.4) is 0 Å². The van der Waals surface area contributed by atoms with Gasteiger partial charge in [-0.15, -0.1) is 0 Å². The molecule has 19 heavy (non-hydrogen) atoms. The summed E-state index contributed by atoms with van der Waals surface area (Å²) in [4.78, 5) is 0. The zero-order valence-corrected chi connectivity index (χ0v) is 11.6. The van der Waals surface area contributed by atoms with E-state index in [1.807, 2.05) is 35.0 Å². The minimum absolute atomic E-state index is 0.576. The summed E-state index contributed by atoms with van der Waals surface area (Å²) in [5.74, 6) is 2.07. The van der Waals surface area contributed by atoms with E-state index < -0.39 is 0 Å². The Labute approximate surface area is 114 Å². The van der Waals surface area contributed by atoms with Crippen molar-refractivity contribution in [3.8, 4) is 5.69 Å². The molecule has 2 aromatic rings. The Bertz CT molecular complexity index is 571. The molecule has 0 bridgehead atoms. The summed E-state index contributed by atoms with van der Waals surface area (Å²) >= 11 is 0. The third-order valence-corrected chi connectivity index (χ3v) is 4.42. The SMILES string of the molecule is Cc1c(C2CCCC2C)nn(-c2ccccc2)c1N. The molecular formula is C16H21N3. The van der Waals surface area contributed by atoms with Gasteiger partial charge in [-0.05, 0) is 31.4 Å². The summed E-state index contributed by atoms with van der Waals surface area (Å²) in [5, 5.41) is 4.80. The van der Waals surface area contributed by atoms with Crippen LogP contribution < -0.4 is 5.73 Å². The molecule has 1 heterocycles. The summed E-state index contributed by atoms with van der Waals surface area (Å²) in [6.07, 6.45) is 3.86. The maximum absolute atomic E-state index is 6.25.